The Hall–Kier alpha value is -2.25. The lowest BCUT2D eigenvalue weighted by molar-refractivity contribution is 0.385. The van der Waals surface area contributed by atoms with Crippen LogP contribution in [0.25, 0.3) is 11.0 Å². The zero-order valence-corrected chi connectivity index (χ0v) is 13.6. The second kappa shape index (κ2) is 5.68. The molecule has 24 heavy (non-hydrogen) atoms. The van der Waals surface area contributed by atoms with Crippen molar-refractivity contribution in [1.29, 1.82) is 0 Å². The number of rotatable bonds is 3. The number of hydrogen-bond acceptors (Lipinski definition) is 3. The molecular formula is C17H16FN3O2S. The van der Waals surface area contributed by atoms with Crippen molar-refractivity contribution in [3.63, 3.8) is 0 Å². The molecule has 3 aromatic rings. The van der Waals surface area contributed by atoms with Gasteiger partial charge in [-0.25, -0.2) is 17.8 Å². The van der Waals surface area contributed by atoms with Crippen molar-refractivity contribution >= 4 is 21.1 Å². The predicted octanol–water partition coefficient (Wildman–Crippen LogP) is 3.23. The number of nitrogens with one attached hydrogen (secondary N) is 1. The van der Waals surface area contributed by atoms with Crippen LogP contribution >= 0.6 is 0 Å². The minimum Gasteiger partial charge on any atom is -0.341 e. The van der Waals surface area contributed by atoms with Crippen LogP contribution in [0.5, 0.6) is 0 Å². The van der Waals surface area contributed by atoms with E-state index in [9.17, 15) is 12.8 Å². The molecule has 4 rings (SSSR count). The van der Waals surface area contributed by atoms with Gasteiger partial charge in [-0.2, -0.15) is 4.31 Å². The van der Waals surface area contributed by atoms with Crippen LogP contribution in [-0.2, 0) is 10.0 Å². The van der Waals surface area contributed by atoms with Gasteiger partial charge >= 0.3 is 0 Å². The van der Waals surface area contributed by atoms with Crippen molar-refractivity contribution in [2.45, 2.75) is 23.8 Å². The lowest BCUT2D eigenvalue weighted by Crippen LogP contribution is -2.31. The van der Waals surface area contributed by atoms with Crippen LogP contribution in [0.3, 0.4) is 0 Å². The normalized spacial score (nSPS) is 19.1. The zero-order valence-electron chi connectivity index (χ0n) is 12.8. The Kier molecular flexibility index (Phi) is 3.62. The predicted molar refractivity (Wildman–Crippen MR) is 88.4 cm³/mol. The number of H-pyrrole nitrogens is 1. The molecule has 2 aromatic carbocycles. The standard InChI is InChI=1S/C17H16FN3O2S/c18-12-7-9-13(10-8-12)24(22,23)21-11-3-6-16(21)17-19-14-4-1-2-5-15(14)20-17/h1-2,4-5,7-10,16H,3,6,11H2,(H,19,20)/t16-/m0/s1. The van der Waals surface area contributed by atoms with Crippen molar-refractivity contribution in [1.82, 2.24) is 14.3 Å². The highest BCUT2D eigenvalue weighted by atomic mass is 32.2. The molecule has 7 heteroatoms. The molecule has 0 amide bonds. The van der Waals surface area contributed by atoms with Gasteiger partial charge in [0.05, 0.1) is 22.0 Å². The fourth-order valence-corrected chi connectivity index (χ4v) is 4.83. The first-order valence-corrected chi connectivity index (χ1v) is 9.22. The van der Waals surface area contributed by atoms with E-state index in [1.807, 2.05) is 24.3 Å². The summed E-state index contributed by atoms with van der Waals surface area (Å²) < 4.78 is 40.4. The number of fused-ring (bicyclic) bond motifs is 1. The fourth-order valence-electron chi connectivity index (χ4n) is 3.17. The quantitative estimate of drug-likeness (QED) is 0.792. The first-order valence-electron chi connectivity index (χ1n) is 7.78. The molecule has 1 N–H and O–H groups in total. The molecule has 1 atom stereocenters. The first kappa shape index (κ1) is 15.3. The molecule has 2 heterocycles. The van der Waals surface area contributed by atoms with E-state index in [0.717, 1.165) is 17.5 Å². The summed E-state index contributed by atoms with van der Waals surface area (Å²) in [7, 11) is -3.68. The summed E-state index contributed by atoms with van der Waals surface area (Å²) in [5.41, 5.74) is 1.71. The molecule has 0 aliphatic carbocycles. The summed E-state index contributed by atoms with van der Waals surface area (Å²) in [6.07, 6.45) is 1.47. The molecule has 0 bridgehead atoms. The number of benzene rings is 2. The molecule has 1 aliphatic rings. The highest BCUT2D eigenvalue weighted by Crippen LogP contribution is 2.36. The summed E-state index contributed by atoms with van der Waals surface area (Å²) in [4.78, 5) is 7.87. The summed E-state index contributed by atoms with van der Waals surface area (Å²) in [5, 5.41) is 0. The molecule has 1 fully saturated rings. The average molecular weight is 345 g/mol. The Morgan fingerprint density at radius 1 is 1.12 bits per heavy atom. The van der Waals surface area contributed by atoms with E-state index < -0.39 is 15.8 Å². The number of imidazole rings is 1. The lowest BCUT2D eigenvalue weighted by atomic mass is 10.2. The second-order valence-electron chi connectivity index (χ2n) is 5.87. The maximum absolute atomic E-state index is 13.1. The van der Waals surface area contributed by atoms with E-state index in [-0.39, 0.29) is 10.9 Å². The van der Waals surface area contributed by atoms with Gasteiger partial charge in [-0.05, 0) is 49.2 Å². The number of aromatic amines is 1. The molecule has 0 radical (unpaired) electrons. The minimum absolute atomic E-state index is 0.104. The highest BCUT2D eigenvalue weighted by molar-refractivity contribution is 7.89. The Morgan fingerprint density at radius 3 is 2.62 bits per heavy atom. The van der Waals surface area contributed by atoms with Gasteiger partial charge in [0, 0.05) is 6.54 Å². The number of sulfonamides is 1. The maximum atomic E-state index is 13.1. The molecule has 1 aromatic heterocycles. The zero-order chi connectivity index (χ0) is 16.7. The molecular weight excluding hydrogens is 329 g/mol. The largest absolute Gasteiger partial charge is 0.341 e. The number of hydrogen-bond donors (Lipinski definition) is 1. The van der Waals surface area contributed by atoms with Gasteiger partial charge < -0.3 is 4.98 Å². The van der Waals surface area contributed by atoms with Crippen LogP contribution in [-0.4, -0.2) is 29.2 Å². The van der Waals surface area contributed by atoms with Crippen LogP contribution in [0.4, 0.5) is 4.39 Å². The van der Waals surface area contributed by atoms with Crippen molar-refractivity contribution < 1.29 is 12.8 Å². The van der Waals surface area contributed by atoms with E-state index in [2.05, 4.69) is 9.97 Å². The van der Waals surface area contributed by atoms with Gasteiger partial charge in [0.2, 0.25) is 10.0 Å². The Morgan fingerprint density at radius 2 is 1.88 bits per heavy atom. The van der Waals surface area contributed by atoms with Crippen molar-refractivity contribution in [2.24, 2.45) is 0 Å². The van der Waals surface area contributed by atoms with Gasteiger partial charge in [0.15, 0.2) is 0 Å². The highest BCUT2D eigenvalue weighted by Gasteiger charge is 2.37. The smallest absolute Gasteiger partial charge is 0.243 e. The van der Waals surface area contributed by atoms with Crippen LogP contribution in [0.15, 0.2) is 53.4 Å². The number of halogens is 1. The molecule has 124 valence electrons. The Bertz CT molecular complexity index is 949. The topological polar surface area (TPSA) is 66.1 Å². The third kappa shape index (κ3) is 2.50. The van der Waals surface area contributed by atoms with Gasteiger partial charge in [0.1, 0.15) is 11.6 Å². The number of nitrogens with zero attached hydrogens (tertiary/aromatic N) is 2. The Labute approximate surface area is 139 Å². The molecule has 1 saturated heterocycles. The van der Waals surface area contributed by atoms with E-state index in [0.29, 0.717) is 18.8 Å². The summed E-state index contributed by atoms with van der Waals surface area (Å²) in [6, 6.07) is 12.2. The average Bonchev–Trinajstić information content (AvgIpc) is 3.22. The molecule has 0 saturated carbocycles. The van der Waals surface area contributed by atoms with Crippen LogP contribution in [0.1, 0.15) is 24.7 Å². The fraction of sp³-hybridized carbons (Fsp3) is 0.235. The van der Waals surface area contributed by atoms with Gasteiger partial charge in [-0.15, -0.1) is 0 Å². The summed E-state index contributed by atoms with van der Waals surface area (Å²) in [6.45, 7) is 0.432. The molecule has 0 unspecified atom stereocenters. The molecule has 0 spiro atoms. The van der Waals surface area contributed by atoms with E-state index in [4.69, 9.17) is 0 Å². The maximum Gasteiger partial charge on any atom is 0.243 e. The SMILES string of the molecule is O=S(=O)(c1ccc(F)cc1)N1CCC[C@H]1c1nc2ccccc2[nH]1. The number of para-hydroxylation sites is 2. The minimum atomic E-state index is -3.68. The first-order chi connectivity index (χ1) is 11.6. The van der Waals surface area contributed by atoms with Gasteiger partial charge in [-0.1, -0.05) is 12.1 Å². The van der Waals surface area contributed by atoms with Crippen LogP contribution in [0, 0.1) is 5.82 Å². The monoisotopic (exact) mass is 345 g/mol. The lowest BCUT2D eigenvalue weighted by Gasteiger charge is -2.22. The van der Waals surface area contributed by atoms with Gasteiger partial charge in [-0.3, -0.25) is 0 Å². The van der Waals surface area contributed by atoms with E-state index in [1.165, 1.54) is 28.6 Å². The molecule has 1 aliphatic heterocycles. The van der Waals surface area contributed by atoms with Crippen LogP contribution < -0.4 is 0 Å². The summed E-state index contributed by atoms with van der Waals surface area (Å²) >= 11 is 0. The third-order valence-corrected chi connectivity index (χ3v) is 6.27. The number of aromatic nitrogens is 2. The van der Waals surface area contributed by atoms with Crippen molar-refractivity contribution in [3.8, 4) is 0 Å². The van der Waals surface area contributed by atoms with Crippen molar-refractivity contribution in [3.05, 3.63) is 60.2 Å². The van der Waals surface area contributed by atoms with Crippen LogP contribution in [0.2, 0.25) is 0 Å². The summed E-state index contributed by atoms with van der Waals surface area (Å²) in [5.74, 6) is 0.198. The van der Waals surface area contributed by atoms with E-state index >= 15 is 0 Å². The molecule has 5 nitrogen and oxygen atoms in total. The van der Waals surface area contributed by atoms with Crippen molar-refractivity contribution in [2.75, 3.05) is 6.54 Å². The Balaban J connectivity index is 1.73. The second-order valence-corrected chi connectivity index (χ2v) is 7.76. The van der Waals surface area contributed by atoms with E-state index in [1.54, 1.807) is 0 Å². The third-order valence-electron chi connectivity index (χ3n) is 4.35. The van der Waals surface area contributed by atoms with Gasteiger partial charge in [0.25, 0.3) is 0 Å².